The van der Waals surface area contributed by atoms with E-state index in [1.807, 2.05) is 0 Å². The second-order valence-electron chi connectivity index (χ2n) is 7.58. The number of aliphatic carboxylic acids is 1. The topological polar surface area (TPSA) is 122 Å². The average molecular weight is 360 g/mol. The highest BCUT2D eigenvalue weighted by Gasteiger charge is 2.31. The summed E-state index contributed by atoms with van der Waals surface area (Å²) < 4.78 is 10.2. The number of nitrogens with zero attached hydrogens (tertiary/aromatic N) is 1. The lowest BCUT2D eigenvalue weighted by Gasteiger charge is -2.26. The van der Waals surface area contributed by atoms with E-state index in [-0.39, 0.29) is 0 Å². The SMILES string of the molecule is CN(CC(=O)O)C(=O)C(CC(=O)OC(C)(C)C)NC(=O)OC(C)(C)C. The van der Waals surface area contributed by atoms with Gasteiger partial charge in [0, 0.05) is 7.05 Å². The summed E-state index contributed by atoms with van der Waals surface area (Å²) >= 11 is 0. The van der Waals surface area contributed by atoms with Crippen molar-refractivity contribution >= 4 is 23.9 Å². The van der Waals surface area contributed by atoms with Gasteiger partial charge < -0.3 is 24.8 Å². The maximum absolute atomic E-state index is 12.4. The van der Waals surface area contributed by atoms with E-state index in [2.05, 4.69) is 5.32 Å². The Hall–Kier alpha value is -2.32. The lowest BCUT2D eigenvalue weighted by atomic mass is 10.1. The van der Waals surface area contributed by atoms with Crippen LogP contribution in [0.1, 0.15) is 48.0 Å². The number of esters is 1. The van der Waals surface area contributed by atoms with Gasteiger partial charge in [0.15, 0.2) is 0 Å². The van der Waals surface area contributed by atoms with Gasteiger partial charge >= 0.3 is 18.0 Å². The van der Waals surface area contributed by atoms with Crippen molar-refractivity contribution in [2.24, 2.45) is 0 Å². The van der Waals surface area contributed by atoms with Gasteiger partial charge in [0.05, 0.1) is 6.42 Å². The number of carboxylic acids is 1. The van der Waals surface area contributed by atoms with Gasteiger partial charge in [0.2, 0.25) is 5.91 Å². The molecule has 9 nitrogen and oxygen atoms in total. The molecule has 1 unspecified atom stereocenters. The normalized spacial score (nSPS) is 12.8. The second-order valence-corrected chi connectivity index (χ2v) is 7.58. The van der Waals surface area contributed by atoms with E-state index in [0.29, 0.717) is 0 Å². The van der Waals surface area contributed by atoms with Crippen LogP contribution < -0.4 is 5.32 Å². The molecule has 0 aliphatic rings. The minimum atomic E-state index is -1.30. The minimum Gasteiger partial charge on any atom is -0.480 e. The molecule has 0 aromatic carbocycles. The monoisotopic (exact) mass is 360 g/mol. The lowest BCUT2D eigenvalue weighted by Crippen LogP contribution is -2.50. The van der Waals surface area contributed by atoms with E-state index in [4.69, 9.17) is 14.6 Å². The zero-order chi connectivity index (χ0) is 20.0. The molecule has 9 heteroatoms. The van der Waals surface area contributed by atoms with Crippen LogP contribution in [0.25, 0.3) is 0 Å². The van der Waals surface area contributed by atoms with Crippen molar-refractivity contribution in [2.75, 3.05) is 13.6 Å². The number of nitrogens with one attached hydrogen (secondary N) is 1. The first-order valence-electron chi connectivity index (χ1n) is 7.79. The number of amides is 2. The standard InChI is InChI=1S/C16H28N2O7/c1-15(2,3)24-12(21)8-10(13(22)18(7)9-11(19)20)17-14(23)25-16(4,5)6/h10H,8-9H2,1-7H3,(H,17,23)(H,19,20). The second kappa shape index (κ2) is 8.68. The molecule has 2 amide bonds. The Morgan fingerprint density at radius 3 is 1.88 bits per heavy atom. The highest BCUT2D eigenvalue weighted by Crippen LogP contribution is 2.12. The van der Waals surface area contributed by atoms with E-state index >= 15 is 0 Å². The molecule has 0 saturated carbocycles. The van der Waals surface area contributed by atoms with Gasteiger partial charge in [-0.25, -0.2) is 4.79 Å². The predicted molar refractivity (Wildman–Crippen MR) is 88.9 cm³/mol. The molecule has 0 fully saturated rings. The van der Waals surface area contributed by atoms with Crippen molar-refractivity contribution in [3.63, 3.8) is 0 Å². The van der Waals surface area contributed by atoms with Gasteiger partial charge in [-0.3, -0.25) is 14.4 Å². The number of ether oxygens (including phenoxy) is 2. The number of rotatable bonds is 6. The Labute approximate surface area is 147 Å². The predicted octanol–water partition coefficient (Wildman–Crippen LogP) is 1.15. The Morgan fingerprint density at radius 2 is 1.48 bits per heavy atom. The number of hydrogen-bond donors (Lipinski definition) is 2. The van der Waals surface area contributed by atoms with Crippen molar-refractivity contribution in [1.82, 2.24) is 10.2 Å². The summed E-state index contributed by atoms with van der Waals surface area (Å²) in [4.78, 5) is 47.9. The zero-order valence-corrected chi connectivity index (χ0v) is 15.8. The summed E-state index contributed by atoms with van der Waals surface area (Å²) in [5.41, 5.74) is -1.56. The van der Waals surface area contributed by atoms with E-state index in [1.54, 1.807) is 41.5 Å². The number of carbonyl (C=O) groups excluding carboxylic acids is 3. The van der Waals surface area contributed by atoms with Gasteiger partial charge in [0.1, 0.15) is 23.8 Å². The molecular weight excluding hydrogens is 332 g/mol. The van der Waals surface area contributed by atoms with Gasteiger partial charge in [-0.1, -0.05) is 0 Å². The van der Waals surface area contributed by atoms with Gasteiger partial charge in [0.25, 0.3) is 0 Å². The van der Waals surface area contributed by atoms with Crippen LogP contribution in [-0.4, -0.2) is 64.8 Å². The molecule has 144 valence electrons. The maximum atomic E-state index is 12.4. The van der Waals surface area contributed by atoms with Crippen molar-refractivity contribution in [1.29, 1.82) is 0 Å². The van der Waals surface area contributed by atoms with Gasteiger partial charge in [-0.05, 0) is 41.5 Å². The molecule has 0 aliphatic carbocycles. The van der Waals surface area contributed by atoms with Crippen LogP contribution in [0.15, 0.2) is 0 Å². The minimum absolute atomic E-state index is 0.445. The first kappa shape index (κ1) is 22.7. The summed E-state index contributed by atoms with van der Waals surface area (Å²) in [5, 5.41) is 11.1. The molecule has 0 aliphatic heterocycles. The molecule has 0 bridgehead atoms. The largest absolute Gasteiger partial charge is 0.480 e. The lowest BCUT2D eigenvalue weighted by molar-refractivity contribution is -0.157. The number of carbonyl (C=O) groups is 4. The zero-order valence-electron chi connectivity index (χ0n) is 15.8. The van der Waals surface area contributed by atoms with Gasteiger partial charge in [-0.15, -0.1) is 0 Å². The molecule has 0 spiro atoms. The molecule has 0 aromatic rings. The third-order valence-electron chi connectivity index (χ3n) is 2.53. The van der Waals surface area contributed by atoms with Crippen LogP contribution in [0.3, 0.4) is 0 Å². The number of carboxylic acid groups (broad SMARTS) is 1. The van der Waals surface area contributed by atoms with Crippen molar-refractivity contribution in [2.45, 2.75) is 65.2 Å². The van der Waals surface area contributed by atoms with Crippen molar-refractivity contribution in [3.8, 4) is 0 Å². The summed E-state index contributed by atoms with van der Waals surface area (Å²) in [7, 11) is 1.26. The van der Waals surface area contributed by atoms with Crippen LogP contribution >= 0.6 is 0 Å². The number of likely N-dealkylation sites (N-methyl/N-ethyl adjacent to an activating group) is 1. The molecule has 0 saturated heterocycles. The molecular formula is C16H28N2O7. The highest BCUT2D eigenvalue weighted by molar-refractivity contribution is 5.91. The van der Waals surface area contributed by atoms with Crippen molar-refractivity contribution in [3.05, 3.63) is 0 Å². The van der Waals surface area contributed by atoms with Crippen molar-refractivity contribution < 1.29 is 33.8 Å². The summed E-state index contributed by atoms with van der Waals surface area (Å²) in [6.45, 7) is 9.37. The van der Waals surface area contributed by atoms with E-state index < -0.39 is 54.1 Å². The van der Waals surface area contributed by atoms with E-state index in [9.17, 15) is 19.2 Å². The molecule has 25 heavy (non-hydrogen) atoms. The molecule has 1 atom stereocenters. The van der Waals surface area contributed by atoms with E-state index in [1.165, 1.54) is 7.05 Å². The van der Waals surface area contributed by atoms with Crippen LogP contribution in [-0.2, 0) is 23.9 Å². The Morgan fingerprint density at radius 1 is 1.00 bits per heavy atom. The Kier molecular flexibility index (Phi) is 7.88. The fourth-order valence-corrected chi connectivity index (χ4v) is 1.75. The molecule has 0 radical (unpaired) electrons. The highest BCUT2D eigenvalue weighted by atomic mass is 16.6. The molecule has 0 rings (SSSR count). The summed E-state index contributed by atoms with van der Waals surface area (Å²) in [6, 6.07) is -1.30. The summed E-state index contributed by atoms with van der Waals surface area (Å²) in [6.07, 6.45) is -1.34. The third-order valence-corrected chi connectivity index (χ3v) is 2.53. The fraction of sp³-hybridized carbons (Fsp3) is 0.750. The van der Waals surface area contributed by atoms with Crippen LogP contribution in [0, 0.1) is 0 Å². The van der Waals surface area contributed by atoms with E-state index in [0.717, 1.165) is 4.90 Å². The molecule has 2 N–H and O–H groups in total. The Balaban J connectivity index is 5.16. The molecule has 0 heterocycles. The quantitative estimate of drug-likeness (QED) is 0.681. The van der Waals surface area contributed by atoms with Crippen LogP contribution in [0.5, 0.6) is 0 Å². The maximum Gasteiger partial charge on any atom is 0.408 e. The van der Waals surface area contributed by atoms with Crippen LogP contribution in [0.2, 0.25) is 0 Å². The number of alkyl carbamates (subject to hydrolysis) is 1. The first-order chi connectivity index (χ1) is 11.1. The van der Waals surface area contributed by atoms with Crippen LogP contribution in [0.4, 0.5) is 4.79 Å². The summed E-state index contributed by atoms with van der Waals surface area (Å²) in [5.74, 6) is -2.66. The smallest absolute Gasteiger partial charge is 0.408 e. The molecule has 0 aromatic heterocycles. The number of hydrogen-bond acceptors (Lipinski definition) is 6. The van der Waals surface area contributed by atoms with Gasteiger partial charge in [-0.2, -0.15) is 0 Å². The Bertz CT molecular complexity index is 488. The first-order valence-corrected chi connectivity index (χ1v) is 7.79. The third kappa shape index (κ3) is 11.0. The average Bonchev–Trinajstić information content (AvgIpc) is 2.31. The fourth-order valence-electron chi connectivity index (χ4n) is 1.75.